The molecule has 0 spiro atoms. The molecule has 1 saturated carbocycles. The second-order valence-electron chi connectivity index (χ2n) is 5.70. The summed E-state index contributed by atoms with van der Waals surface area (Å²) >= 11 is 0. The SMILES string of the molecule is CC1CCC(N(C)CCNCc2ccoc2)CC1. The summed E-state index contributed by atoms with van der Waals surface area (Å²) in [6.07, 6.45) is 9.08. The number of furan rings is 1. The highest BCUT2D eigenvalue weighted by atomic mass is 16.3. The quantitative estimate of drug-likeness (QED) is 0.787. The molecule has 0 unspecified atom stereocenters. The smallest absolute Gasteiger partial charge is 0.0947 e. The summed E-state index contributed by atoms with van der Waals surface area (Å²) in [5, 5.41) is 3.46. The first-order chi connectivity index (χ1) is 8.75. The van der Waals surface area contributed by atoms with E-state index in [0.29, 0.717) is 0 Å². The summed E-state index contributed by atoms with van der Waals surface area (Å²) in [4.78, 5) is 2.52. The number of nitrogens with zero attached hydrogens (tertiary/aromatic N) is 1. The van der Waals surface area contributed by atoms with Gasteiger partial charge in [-0.05, 0) is 44.7 Å². The Bertz CT molecular complexity index is 315. The zero-order valence-electron chi connectivity index (χ0n) is 11.7. The second-order valence-corrected chi connectivity index (χ2v) is 5.70. The molecule has 0 amide bonds. The number of likely N-dealkylation sites (N-methyl/N-ethyl adjacent to an activating group) is 1. The first-order valence-corrected chi connectivity index (χ1v) is 7.17. The van der Waals surface area contributed by atoms with Crippen molar-refractivity contribution in [1.29, 1.82) is 0 Å². The fourth-order valence-corrected chi connectivity index (χ4v) is 2.75. The normalized spacial score (nSPS) is 24.6. The summed E-state index contributed by atoms with van der Waals surface area (Å²) in [7, 11) is 2.26. The van der Waals surface area contributed by atoms with Crippen molar-refractivity contribution in [1.82, 2.24) is 10.2 Å². The first-order valence-electron chi connectivity index (χ1n) is 7.17. The minimum absolute atomic E-state index is 0.803. The zero-order valence-corrected chi connectivity index (χ0v) is 11.7. The molecular formula is C15H26N2O. The first kappa shape index (κ1) is 13.6. The molecule has 1 heterocycles. The van der Waals surface area contributed by atoms with Crippen molar-refractivity contribution in [2.75, 3.05) is 20.1 Å². The van der Waals surface area contributed by atoms with Gasteiger partial charge in [-0.1, -0.05) is 6.92 Å². The third-order valence-corrected chi connectivity index (χ3v) is 4.16. The minimum atomic E-state index is 0.803. The Balaban J connectivity index is 1.58. The van der Waals surface area contributed by atoms with E-state index in [1.807, 2.05) is 6.07 Å². The van der Waals surface area contributed by atoms with Crippen LogP contribution in [0.25, 0.3) is 0 Å². The molecule has 1 aromatic heterocycles. The van der Waals surface area contributed by atoms with Crippen molar-refractivity contribution in [2.24, 2.45) is 5.92 Å². The minimum Gasteiger partial charge on any atom is -0.472 e. The molecule has 1 fully saturated rings. The number of nitrogens with one attached hydrogen (secondary N) is 1. The Morgan fingerprint density at radius 3 is 2.78 bits per heavy atom. The highest BCUT2D eigenvalue weighted by Gasteiger charge is 2.20. The van der Waals surface area contributed by atoms with E-state index in [4.69, 9.17) is 4.42 Å². The summed E-state index contributed by atoms with van der Waals surface area (Å²) in [5.41, 5.74) is 1.23. The molecule has 18 heavy (non-hydrogen) atoms. The van der Waals surface area contributed by atoms with Gasteiger partial charge in [0.25, 0.3) is 0 Å². The maximum Gasteiger partial charge on any atom is 0.0947 e. The van der Waals surface area contributed by atoms with Crippen molar-refractivity contribution in [3.63, 3.8) is 0 Å². The Labute approximate surface area is 111 Å². The lowest BCUT2D eigenvalue weighted by atomic mass is 9.87. The van der Waals surface area contributed by atoms with E-state index in [1.54, 1.807) is 12.5 Å². The lowest BCUT2D eigenvalue weighted by Crippen LogP contribution is -2.38. The van der Waals surface area contributed by atoms with E-state index in [-0.39, 0.29) is 0 Å². The molecule has 0 aliphatic heterocycles. The van der Waals surface area contributed by atoms with Gasteiger partial charge in [-0.25, -0.2) is 0 Å². The molecule has 3 nitrogen and oxygen atoms in total. The molecule has 0 radical (unpaired) electrons. The van der Waals surface area contributed by atoms with E-state index in [2.05, 4.69) is 24.2 Å². The fourth-order valence-electron chi connectivity index (χ4n) is 2.75. The van der Waals surface area contributed by atoms with Crippen molar-refractivity contribution < 1.29 is 4.42 Å². The lowest BCUT2D eigenvalue weighted by molar-refractivity contribution is 0.171. The summed E-state index contributed by atoms with van der Waals surface area (Å²) in [6.45, 7) is 5.47. The van der Waals surface area contributed by atoms with Crippen LogP contribution in [0.3, 0.4) is 0 Å². The highest BCUT2D eigenvalue weighted by molar-refractivity contribution is 5.04. The van der Waals surface area contributed by atoms with Gasteiger partial charge in [-0.3, -0.25) is 0 Å². The van der Waals surface area contributed by atoms with Crippen LogP contribution in [-0.2, 0) is 6.54 Å². The number of hydrogen-bond acceptors (Lipinski definition) is 3. The van der Waals surface area contributed by atoms with Crippen molar-refractivity contribution >= 4 is 0 Å². The van der Waals surface area contributed by atoms with Gasteiger partial charge in [0, 0.05) is 31.2 Å². The molecule has 0 atom stereocenters. The number of rotatable bonds is 6. The van der Waals surface area contributed by atoms with Crippen molar-refractivity contribution in [3.8, 4) is 0 Å². The van der Waals surface area contributed by atoms with Gasteiger partial charge in [-0.2, -0.15) is 0 Å². The third-order valence-electron chi connectivity index (χ3n) is 4.16. The van der Waals surface area contributed by atoms with Gasteiger partial charge >= 0.3 is 0 Å². The Kier molecular flexibility index (Phi) is 5.26. The Hall–Kier alpha value is -0.800. The summed E-state index contributed by atoms with van der Waals surface area (Å²) < 4.78 is 5.05. The second kappa shape index (κ2) is 6.95. The summed E-state index contributed by atoms with van der Waals surface area (Å²) in [5.74, 6) is 0.939. The van der Waals surface area contributed by atoms with Gasteiger partial charge in [0.15, 0.2) is 0 Å². The maximum absolute atomic E-state index is 5.05. The van der Waals surface area contributed by atoms with Crippen LogP contribution < -0.4 is 5.32 Å². The molecule has 1 aliphatic rings. The third kappa shape index (κ3) is 4.14. The van der Waals surface area contributed by atoms with Crippen molar-refractivity contribution in [3.05, 3.63) is 24.2 Å². The lowest BCUT2D eigenvalue weighted by Gasteiger charge is -2.33. The van der Waals surface area contributed by atoms with E-state index in [9.17, 15) is 0 Å². The van der Waals surface area contributed by atoms with Gasteiger partial charge < -0.3 is 14.6 Å². The number of hydrogen-bond donors (Lipinski definition) is 1. The monoisotopic (exact) mass is 250 g/mol. The average Bonchev–Trinajstić information content (AvgIpc) is 2.88. The van der Waals surface area contributed by atoms with Crippen LogP contribution in [0.2, 0.25) is 0 Å². The largest absolute Gasteiger partial charge is 0.472 e. The molecule has 1 N–H and O–H groups in total. The topological polar surface area (TPSA) is 28.4 Å². The van der Waals surface area contributed by atoms with Gasteiger partial charge in [0.1, 0.15) is 0 Å². The van der Waals surface area contributed by atoms with Crippen LogP contribution in [0, 0.1) is 5.92 Å². The Morgan fingerprint density at radius 1 is 1.33 bits per heavy atom. The maximum atomic E-state index is 5.05. The predicted octanol–water partition coefficient (Wildman–Crippen LogP) is 2.88. The highest BCUT2D eigenvalue weighted by Crippen LogP contribution is 2.26. The van der Waals surface area contributed by atoms with E-state index < -0.39 is 0 Å². The summed E-state index contributed by atoms with van der Waals surface area (Å²) in [6, 6.07) is 2.82. The molecule has 3 heteroatoms. The molecule has 0 saturated heterocycles. The van der Waals surface area contributed by atoms with E-state index in [1.165, 1.54) is 31.2 Å². The van der Waals surface area contributed by atoms with E-state index >= 15 is 0 Å². The van der Waals surface area contributed by atoms with Crippen LogP contribution in [0.5, 0.6) is 0 Å². The average molecular weight is 250 g/mol. The van der Waals surface area contributed by atoms with Gasteiger partial charge in [0.2, 0.25) is 0 Å². The molecule has 2 rings (SSSR count). The predicted molar refractivity (Wildman–Crippen MR) is 74.5 cm³/mol. The van der Waals surface area contributed by atoms with Crippen molar-refractivity contribution in [2.45, 2.75) is 45.2 Å². The molecule has 0 aromatic carbocycles. The molecular weight excluding hydrogens is 224 g/mol. The van der Waals surface area contributed by atoms with Crippen LogP contribution >= 0.6 is 0 Å². The molecule has 0 bridgehead atoms. The van der Waals surface area contributed by atoms with E-state index in [0.717, 1.165) is 31.6 Å². The standard InChI is InChI=1S/C15H26N2O/c1-13-3-5-15(6-4-13)17(2)9-8-16-11-14-7-10-18-12-14/h7,10,12-13,15-16H,3-6,8-9,11H2,1-2H3. The zero-order chi connectivity index (χ0) is 12.8. The fraction of sp³-hybridized carbons (Fsp3) is 0.733. The Morgan fingerprint density at radius 2 is 2.11 bits per heavy atom. The van der Waals surface area contributed by atoms with Gasteiger partial charge in [-0.15, -0.1) is 0 Å². The molecule has 1 aromatic rings. The van der Waals surface area contributed by atoms with Crippen LogP contribution in [-0.4, -0.2) is 31.1 Å². The van der Waals surface area contributed by atoms with Gasteiger partial charge in [0.05, 0.1) is 12.5 Å². The van der Waals surface area contributed by atoms with Crippen LogP contribution in [0.15, 0.2) is 23.0 Å². The van der Waals surface area contributed by atoms with Crippen LogP contribution in [0.4, 0.5) is 0 Å². The molecule has 1 aliphatic carbocycles. The molecule has 102 valence electrons. The van der Waals surface area contributed by atoms with Crippen LogP contribution in [0.1, 0.15) is 38.2 Å².